The number of rotatable bonds is 4. The molecule has 14 heavy (non-hydrogen) atoms. The molecule has 4 heteroatoms. The second-order valence-corrected chi connectivity index (χ2v) is 2.28. The molecule has 2 N–H and O–H groups in total. The van der Waals surface area contributed by atoms with E-state index in [1.807, 2.05) is 20.8 Å². The van der Waals surface area contributed by atoms with E-state index in [-0.39, 0.29) is 19.0 Å². The van der Waals surface area contributed by atoms with Gasteiger partial charge in [0.25, 0.3) is 0 Å². The first kappa shape index (κ1) is 19.2. The van der Waals surface area contributed by atoms with Gasteiger partial charge in [-0.1, -0.05) is 6.92 Å². The summed E-state index contributed by atoms with van der Waals surface area (Å²) < 4.78 is 4.83. The first-order valence-electron chi connectivity index (χ1n) is 4.89. The monoisotopic (exact) mass is 208 g/mol. The molecular formula is C10H24O4. The van der Waals surface area contributed by atoms with E-state index in [0.29, 0.717) is 6.42 Å². The largest absolute Gasteiger partial charge is 0.394 e. The van der Waals surface area contributed by atoms with Crippen LogP contribution in [0.2, 0.25) is 0 Å². The molecule has 0 spiro atoms. The van der Waals surface area contributed by atoms with E-state index in [2.05, 4.69) is 0 Å². The first-order chi connectivity index (χ1) is 6.60. The molecule has 0 rings (SSSR count). The molecule has 0 saturated heterocycles. The molecule has 4 nitrogen and oxygen atoms in total. The third-order valence-electron chi connectivity index (χ3n) is 1.01. The minimum Gasteiger partial charge on any atom is -0.394 e. The van der Waals surface area contributed by atoms with Gasteiger partial charge in [-0.05, 0) is 20.8 Å². The van der Waals surface area contributed by atoms with E-state index in [9.17, 15) is 4.79 Å². The van der Waals surface area contributed by atoms with Crippen molar-refractivity contribution in [1.82, 2.24) is 0 Å². The number of aliphatic hydroxyl groups is 2. The quantitative estimate of drug-likeness (QED) is 0.723. The molecule has 0 aliphatic heterocycles. The fraction of sp³-hybridized carbons (Fsp3) is 0.900. The molecule has 0 aromatic rings. The summed E-state index contributed by atoms with van der Waals surface area (Å²) >= 11 is 0. The van der Waals surface area contributed by atoms with E-state index in [1.165, 1.54) is 0 Å². The fourth-order valence-corrected chi connectivity index (χ4v) is 0.204. The van der Waals surface area contributed by atoms with Crippen molar-refractivity contribution in [2.45, 2.75) is 34.1 Å². The van der Waals surface area contributed by atoms with E-state index in [0.717, 1.165) is 13.2 Å². The Kier molecular flexibility index (Phi) is 31.4. The van der Waals surface area contributed by atoms with Gasteiger partial charge >= 0.3 is 0 Å². The number of Topliss-reactive ketones (excluding diaryl/α,β-unsaturated/α-hetero) is 1. The molecule has 0 radical (unpaired) electrons. The van der Waals surface area contributed by atoms with Gasteiger partial charge in [-0.15, -0.1) is 0 Å². The normalized spacial score (nSPS) is 7.86. The highest BCUT2D eigenvalue weighted by atomic mass is 16.5. The van der Waals surface area contributed by atoms with Crippen LogP contribution in [-0.2, 0) is 9.53 Å². The summed E-state index contributed by atoms with van der Waals surface area (Å²) in [6.07, 6.45) is 0.667. The maximum Gasteiger partial charge on any atom is 0.129 e. The number of hydrogen-bond acceptors (Lipinski definition) is 4. The Bertz CT molecular complexity index is 90.1. The standard InChI is InChI=1S/C4H10O.C4H8O.C2H6O2/c1-3-5-4-2;1-3-4(2)5;3-1-2-4/h3-4H2,1-2H3;3H2,1-2H3;3-4H,1-2H2. The lowest BCUT2D eigenvalue weighted by Crippen LogP contribution is -1.85. The average Bonchev–Trinajstić information content (AvgIpc) is 2.20. The van der Waals surface area contributed by atoms with Gasteiger partial charge in [0.15, 0.2) is 0 Å². The van der Waals surface area contributed by atoms with Gasteiger partial charge in [-0.25, -0.2) is 0 Å². The van der Waals surface area contributed by atoms with Gasteiger partial charge in [0, 0.05) is 19.6 Å². The SMILES string of the molecule is CCC(C)=O.CCOCC.OCCO. The molecule has 0 aliphatic carbocycles. The van der Waals surface area contributed by atoms with Crippen LogP contribution in [0.5, 0.6) is 0 Å². The second kappa shape index (κ2) is 22.9. The Balaban J connectivity index is -0.000000131. The Labute approximate surface area is 86.9 Å². The minimum absolute atomic E-state index is 0.125. The molecule has 0 aromatic carbocycles. The minimum atomic E-state index is -0.125. The molecule has 0 aromatic heterocycles. The number of aliphatic hydroxyl groups excluding tert-OH is 2. The Morgan fingerprint density at radius 2 is 1.36 bits per heavy atom. The number of hydrogen-bond donors (Lipinski definition) is 2. The van der Waals surface area contributed by atoms with Crippen LogP contribution < -0.4 is 0 Å². The summed E-state index contributed by atoms with van der Waals surface area (Å²) in [5.74, 6) is 0.255. The Hall–Kier alpha value is -0.450. The van der Waals surface area contributed by atoms with Crippen molar-refractivity contribution in [2.75, 3.05) is 26.4 Å². The molecule has 0 heterocycles. The van der Waals surface area contributed by atoms with E-state index >= 15 is 0 Å². The first-order valence-corrected chi connectivity index (χ1v) is 4.89. The van der Waals surface area contributed by atoms with Crippen LogP contribution >= 0.6 is 0 Å². The van der Waals surface area contributed by atoms with Crippen LogP contribution in [0.15, 0.2) is 0 Å². The van der Waals surface area contributed by atoms with Crippen molar-refractivity contribution in [2.24, 2.45) is 0 Å². The van der Waals surface area contributed by atoms with Crippen LogP contribution in [0.3, 0.4) is 0 Å². The van der Waals surface area contributed by atoms with Gasteiger partial charge in [-0.3, -0.25) is 0 Å². The zero-order valence-electron chi connectivity index (χ0n) is 9.75. The maximum absolute atomic E-state index is 9.81. The summed E-state index contributed by atoms with van der Waals surface area (Å²) in [4.78, 5) is 9.81. The van der Waals surface area contributed by atoms with Crippen LogP contribution in [-0.4, -0.2) is 42.4 Å². The third-order valence-corrected chi connectivity index (χ3v) is 1.01. The zero-order chi connectivity index (χ0) is 11.8. The molecule has 0 fully saturated rings. The molecule has 88 valence electrons. The molecule has 0 saturated carbocycles. The van der Waals surface area contributed by atoms with E-state index in [1.54, 1.807) is 6.92 Å². The van der Waals surface area contributed by atoms with Crippen molar-refractivity contribution in [1.29, 1.82) is 0 Å². The van der Waals surface area contributed by atoms with Gasteiger partial charge in [0.05, 0.1) is 13.2 Å². The fourth-order valence-electron chi connectivity index (χ4n) is 0.204. The smallest absolute Gasteiger partial charge is 0.129 e. The highest BCUT2D eigenvalue weighted by Crippen LogP contribution is 1.71. The van der Waals surface area contributed by atoms with Crippen LogP contribution in [0.1, 0.15) is 34.1 Å². The predicted octanol–water partition coefficient (Wildman–Crippen LogP) is 0.999. The van der Waals surface area contributed by atoms with Gasteiger partial charge in [0.1, 0.15) is 5.78 Å². The van der Waals surface area contributed by atoms with Gasteiger partial charge in [0.2, 0.25) is 0 Å². The van der Waals surface area contributed by atoms with Gasteiger partial charge in [-0.2, -0.15) is 0 Å². The highest BCUT2D eigenvalue weighted by Gasteiger charge is 1.76. The molecular weight excluding hydrogens is 184 g/mol. The molecule has 0 aliphatic rings. The van der Waals surface area contributed by atoms with E-state index in [4.69, 9.17) is 14.9 Å². The third kappa shape index (κ3) is 62.1. The van der Waals surface area contributed by atoms with Crippen LogP contribution in [0.25, 0.3) is 0 Å². The number of carbonyl (C=O) groups is 1. The van der Waals surface area contributed by atoms with Crippen molar-refractivity contribution in [3.63, 3.8) is 0 Å². The molecule has 0 atom stereocenters. The number of ketones is 1. The second-order valence-electron chi connectivity index (χ2n) is 2.28. The predicted molar refractivity (Wildman–Crippen MR) is 57.3 cm³/mol. The molecule has 0 bridgehead atoms. The van der Waals surface area contributed by atoms with Crippen LogP contribution in [0, 0.1) is 0 Å². The summed E-state index contributed by atoms with van der Waals surface area (Å²) in [6.45, 7) is 8.85. The highest BCUT2D eigenvalue weighted by molar-refractivity contribution is 5.74. The maximum atomic E-state index is 9.81. The van der Waals surface area contributed by atoms with Crippen molar-refractivity contribution in [3.05, 3.63) is 0 Å². The Morgan fingerprint density at radius 1 is 1.07 bits per heavy atom. The number of ether oxygens (including phenoxy) is 1. The summed E-state index contributed by atoms with van der Waals surface area (Å²) in [5.41, 5.74) is 0. The van der Waals surface area contributed by atoms with Crippen LogP contribution in [0.4, 0.5) is 0 Å². The van der Waals surface area contributed by atoms with Crippen molar-refractivity contribution < 1.29 is 19.7 Å². The van der Waals surface area contributed by atoms with Crippen molar-refractivity contribution in [3.8, 4) is 0 Å². The topological polar surface area (TPSA) is 66.8 Å². The lowest BCUT2D eigenvalue weighted by molar-refractivity contribution is -0.116. The average molecular weight is 208 g/mol. The van der Waals surface area contributed by atoms with Gasteiger partial charge < -0.3 is 19.7 Å². The zero-order valence-corrected chi connectivity index (χ0v) is 9.75. The van der Waals surface area contributed by atoms with E-state index < -0.39 is 0 Å². The summed E-state index contributed by atoms with van der Waals surface area (Å²) in [5, 5.41) is 15.2. The molecule has 0 amide bonds. The van der Waals surface area contributed by atoms with Crippen molar-refractivity contribution >= 4 is 5.78 Å². The summed E-state index contributed by atoms with van der Waals surface area (Å²) in [7, 11) is 0. The number of carbonyl (C=O) groups excluding carboxylic acids is 1. The Morgan fingerprint density at radius 3 is 1.36 bits per heavy atom. The summed E-state index contributed by atoms with van der Waals surface area (Å²) in [6, 6.07) is 0. The lowest BCUT2D eigenvalue weighted by atomic mass is 10.4. The lowest BCUT2D eigenvalue weighted by Gasteiger charge is -1.86. The molecule has 0 unspecified atom stereocenters.